The summed E-state index contributed by atoms with van der Waals surface area (Å²) in [6, 6.07) is 1.84. The molecule has 0 radical (unpaired) electrons. The highest BCUT2D eigenvalue weighted by Gasteiger charge is 2.08. The van der Waals surface area contributed by atoms with Crippen LogP contribution in [0, 0.1) is 5.92 Å². The van der Waals surface area contributed by atoms with Gasteiger partial charge in [0.05, 0.1) is 0 Å². The number of carbonyl (C=O) groups is 1. The van der Waals surface area contributed by atoms with Crippen LogP contribution in [0.5, 0.6) is 0 Å². The van der Waals surface area contributed by atoms with Crippen molar-refractivity contribution in [2.75, 3.05) is 13.2 Å². The quantitative estimate of drug-likeness (QED) is 0.705. The molecule has 1 heterocycles. The molecule has 0 saturated carbocycles. The zero-order valence-electron chi connectivity index (χ0n) is 10.3. The van der Waals surface area contributed by atoms with Crippen LogP contribution in [0.3, 0.4) is 0 Å². The fourth-order valence-corrected chi connectivity index (χ4v) is 1.63. The Morgan fingerprint density at radius 3 is 3.00 bits per heavy atom. The molecule has 17 heavy (non-hydrogen) atoms. The van der Waals surface area contributed by atoms with Gasteiger partial charge in [-0.05, 0) is 18.4 Å². The van der Waals surface area contributed by atoms with E-state index in [1.807, 2.05) is 12.3 Å². The molecule has 0 bridgehead atoms. The van der Waals surface area contributed by atoms with Crippen LogP contribution in [-0.4, -0.2) is 33.9 Å². The molecule has 0 aromatic carbocycles. The van der Waals surface area contributed by atoms with Crippen LogP contribution in [0.1, 0.15) is 26.2 Å². The van der Waals surface area contributed by atoms with Crippen LogP contribution in [0.2, 0.25) is 0 Å². The van der Waals surface area contributed by atoms with E-state index in [0.29, 0.717) is 25.4 Å². The number of amides is 1. The van der Waals surface area contributed by atoms with Crippen molar-refractivity contribution >= 4 is 5.91 Å². The summed E-state index contributed by atoms with van der Waals surface area (Å²) >= 11 is 0. The first-order valence-electron chi connectivity index (χ1n) is 6.11. The Bertz CT molecular complexity index is 312. The summed E-state index contributed by atoms with van der Waals surface area (Å²) in [5.74, 6) is 0.408. The van der Waals surface area contributed by atoms with Crippen molar-refractivity contribution < 1.29 is 9.90 Å². The molecule has 0 spiro atoms. The van der Waals surface area contributed by atoms with E-state index < -0.39 is 0 Å². The maximum atomic E-state index is 11.5. The van der Waals surface area contributed by atoms with Crippen LogP contribution in [0.15, 0.2) is 18.5 Å². The third-order valence-electron chi connectivity index (χ3n) is 2.83. The van der Waals surface area contributed by atoms with Crippen molar-refractivity contribution in [3.05, 3.63) is 18.5 Å². The van der Waals surface area contributed by atoms with Gasteiger partial charge >= 0.3 is 0 Å². The largest absolute Gasteiger partial charge is 0.396 e. The lowest BCUT2D eigenvalue weighted by molar-refractivity contribution is -0.121. The van der Waals surface area contributed by atoms with Crippen LogP contribution in [0.4, 0.5) is 0 Å². The molecule has 1 unspecified atom stereocenters. The average molecular weight is 239 g/mol. The smallest absolute Gasteiger partial charge is 0.221 e. The summed E-state index contributed by atoms with van der Waals surface area (Å²) in [7, 11) is 0. The molecule has 0 fully saturated rings. The third kappa shape index (κ3) is 5.49. The Hall–Kier alpha value is -1.36. The number of hydrogen-bond acceptors (Lipinski definition) is 3. The van der Waals surface area contributed by atoms with Crippen molar-refractivity contribution in [2.24, 2.45) is 5.92 Å². The molecule has 1 atom stereocenters. The highest BCUT2D eigenvalue weighted by atomic mass is 16.3. The van der Waals surface area contributed by atoms with Gasteiger partial charge < -0.3 is 10.4 Å². The first kappa shape index (κ1) is 13.7. The number of aliphatic hydroxyl groups excluding tert-OH is 1. The molecule has 1 aromatic rings. The molecule has 0 saturated heterocycles. The first-order valence-corrected chi connectivity index (χ1v) is 6.11. The van der Waals surface area contributed by atoms with E-state index in [2.05, 4.69) is 17.3 Å². The second-order valence-electron chi connectivity index (χ2n) is 4.11. The van der Waals surface area contributed by atoms with E-state index in [1.54, 1.807) is 10.9 Å². The average Bonchev–Trinajstić information content (AvgIpc) is 2.85. The van der Waals surface area contributed by atoms with Crippen molar-refractivity contribution in [3.8, 4) is 0 Å². The van der Waals surface area contributed by atoms with Crippen LogP contribution < -0.4 is 5.32 Å². The van der Waals surface area contributed by atoms with Gasteiger partial charge in [-0.3, -0.25) is 9.48 Å². The lowest BCUT2D eigenvalue weighted by atomic mass is 10.0. The Kier molecular flexibility index (Phi) is 6.32. The van der Waals surface area contributed by atoms with E-state index in [9.17, 15) is 4.79 Å². The first-order chi connectivity index (χ1) is 8.26. The topological polar surface area (TPSA) is 67.2 Å². The SMILES string of the molecule is CCC(CCO)CNC(=O)CCn1cccn1. The molecule has 0 aliphatic carbocycles. The number of nitrogens with one attached hydrogen (secondary N) is 1. The number of carbonyl (C=O) groups excluding carboxylic acids is 1. The van der Waals surface area contributed by atoms with E-state index in [-0.39, 0.29) is 12.5 Å². The van der Waals surface area contributed by atoms with Gasteiger partial charge in [-0.2, -0.15) is 5.10 Å². The molecule has 96 valence electrons. The molecule has 5 nitrogen and oxygen atoms in total. The minimum Gasteiger partial charge on any atom is -0.396 e. The fourth-order valence-electron chi connectivity index (χ4n) is 1.63. The van der Waals surface area contributed by atoms with E-state index in [1.165, 1.54) is 0 Å². The zero-order chi connectivity index (χ0) is 12.5. The lowest BCUT2D eigenvalue weighted by Crippen LogP contribution is -2.30. The Balaban J connectivity index is 2.16. The molecule has 2 N–H and O–H groups in total. The van der Waals surface area contributed by atoms with Crippen molar-refractivity contribution in [3.63, 3.8) is 0 Å². The Morgan fingerprint density at radius 1 is 1.59 bits per heavy atom. The van der Waals surface area contributed by atoms with Crippen LogP contribution in [-0.2, 0) is 11.3 Å². The van der Waals surface area contributed by atoms with Gasteiger partial charge in [0.15, 0.2) is 0 Å². The van der Waals surface area contributed by atoms with Crippen LogP contribution >= 0.6 is 0 Å². The standard InChI is InChI=1S/C12H21N3O2/c1-2-11(5-9-16)10-13-12(17)4-8-15-7-3-6-14-15/h3,6-7,11,16H,2,4-5,8-10H2,1H3,(H,13,17). The highest BCUT2D eigenvalue weighted by molar-refractivity contribution is 5.75. The molecule has 1 amide bonds. The van der Waals surface area contributed by atoms with Gasteiger partial charge in [-0.15, -0.1) is 0 Å². The van der Waals surface area contributed by atoms with Gasteiger partial charge in [0.2, 0.25) is 5.91 Å². The lowest BCUT2D eigenvalue weighted by Gasteiger charge is -2.14. The van der Waals surface area contributed by atoms with E-state index in [0.717, 1.165) is 12.8 Å². The molecule has 0 aliphatic heterocycles. The van der Waals surface area contributed by atoms with Gasteiger partial charge in [-0.1, -0.05) is 13.3 Å². The third-order valence-corrected chi connectivity index (χ3v) is 2.83. The van der Waals surface area contributed by atoms with E-state index >= 15 is 0 Å². The zero-order valence-corrected chi connectivity index (χ0v) is 10.3. The number of nitrogens with zero attached hydrogens (tertiary/aromatic N) is 2. The molecule has 1 rings (SSSR count). The molecule has 5 heteroatoms. The van der Waals surface area contributed by atoms with Gasteiger partial charge in [0.25, 0.3) is 0 Å². The predicted octanol–water partition coefficient (Wildman–Crippen LogP) is 0.798. The van der Waals surface area contributed by atoms with Crippen molar-refractivity contribution in [2.45, 2.75) is 32.7 Å². The number of aromatic nitrogens is 2. The monoisotopic (exact) mass is 239 g/mol. The second kappa shape index (κ2) is 7.84. The van der Waals surface area contributed by atoms with Crippen LogP contribution in [0.25, 0.3) is 0 Å². The normalized spacial score (nSPS) is 12.4. The number of aryl methyl sites for hydroxylation is 1. The van der Waals surface area contributed by atoms with Gasteiger partial charge in [0, 0.05) is 38.5 Å². The minimum absolute atomic E-state index is 0.0388. The summed E-state index contributed by atoms with van der Waals surface area (Å²) in [6.45, 7) is 3.50. The van der Waals surface area contributed by atoms with Crippen molar-refractivity contribution in [1.29, 1.82) is 0 Å². The highest BCUT2D eigenvalue weighted by Crippen LogP contribution is 2.05. The second-order valence-corrected chi connectivity index (χ2v) is 4.11. The van der Waals surface area contributed by atoms with Crippen molar-refractivity contribution in [1.82, 2.24) is 15.1 Å². The Labute approximate surface area is 102 Å². The Morgan fingerprint density at radius 2 is 2.41 bits per heavy atom. The molecular weight excluding hydrogens is 218 g/mol. The molecule has 0 aliphatic rings. The number of rotatable bonds is 8. The van der Waals surface area contributed by atoms with Gasteiger partial charge in [-0.25, -0.2) is 0 Å². The van der Waals surface area contributed by atoms with Gasteiger partial charge in [0.1, 0.15) is 0 Å². The summed E-state index contributed by atoms with van der Waals surface area (Å²) in [6.07, 6.45) is 5.70. The molecule has 1 aromatic heterocycles. The molecular formula is C12H21N3O2. The predicted molar refractivity (Wildman–Crippen MR) is 65.3 cm³/mol. The maximum Gasteiger partial charge on any atom is 0.221 e. The maximum absolute atomic E-state index is 11.5. The number of hydrogen-bond donors (Lipinski definition) is 2. The summed E-state index contributed by atoms with van der Waals surface area (Å²) in [5.41, 5.74) is 0. The van der Waals surface area contributed by atoms with E-state index in [4.69, 9.17) is 5.11 Å². The summed E-state index contributed by atoms with van der Waals surface area (Å²) in [5, 5.41) is 15.8. The summed E-state index contributed by atoms with van der Waals surface area (Å²) < 4.78 is 1.74. The minimum atomic E-state index is 0.0388. The fraction of sp³-hybridized carbons (Fsp3) is 0.667. The number of aliphatic hydroxyl groups is 1. The summed E-state index contributed by atoms with van der Waals surface area (Å²) in [4.78, 5) is 11.5.